The van der Waals surface area contributed by atoms with Crippen LogP contribution < -0.4 is 5.56 Å². The van der Waals surface area contributed by atoms with Gasteiger partial charge < -0.3 is 0 Å². The monoisotopic (exact) mass is 365 g/mol. The lowest BCUT2D eigenvalue weighted by Gasteiger charge is -2.12. The number of aryl methyl sites for hydroxylation is 1. The van der Waals surface area contributed by atoms with Crippen LogP contribution in [0, 0.1) is 6.92 Å². The first-order valence-corrected chi connectivity index (χ1v) is 8.74. The third kappa shape index (κ3) is 2.78. The van der Waals surface area contributed by atoms with Crippen LogP contribution in [-0.4, -0.2) is 30.2 Å². The summed E-state index contributed by atoms with van der Waals surface area (Å²) in [5.74, 6) is 0.872. The van der Waals surface area contributed by atoms with E-state index >= 15 is 0 Å². The van der Waals surface area contributed by atoms with Gasteiger partial charge in [-0.05, 0) is 31.2 Å². The summed E-state index contributed by atoms with van der Waals surface area (Å²) in [6, 6.07) is 11.6. The van der Waals surface area contributed by atoms with Crippen molar-refractivity contribution in [1.82, 2.24) is 24.3 Å². The molecule has 0 aliphatic heterocycles. The summed E-state index contributed by atoms with van der Waals surface area (Å²) in [7, 11) is 0. The number of rotatable bonds is 4. The number of pyridine rings is 1. The van der Waals surface area contributed by atoms with Crippen LogP contribution in [0.15, 0.2) is 59.8 Å². The molecule has 0 spiro atoms. The molecule has 4 aromatic rings. The Morgan fingerprint density at radius 1 is 1.08 bits per heavy atom. The zero-order valence-electron chi connectivity index (χ0n) is 14.1. The predicted octanol–water partition coefficient (Wildman–Crippen LogP) is 3.19. The summed E-state index contributed by atoms with van der Waals surface area (Å²) >= 11 is 5.91. The molecule has 3 heterocycles. The number of benzene rings is 1. The quantitative estimate of drug-likeness (QED) is 0.521. The van der Waals surface area contributed by atoms with Gasteiger partial charge >= 0.3 is 0 Å². The van der Waals surface area contributed by atoms with E-state index in [0.717, 1.165) is 16.8 Å². The first-order valence-electron chi connectivity index (χ1n) is 8.21. The molecular weight excluding hydrogens is 350 g/mol. The normalized spacial score (nSPS) is 11.2. The molecule has 7 heteroatoms. The number of hydrogen-bond acceptors (Lipinski definition) is 4. The van der Waals surface area contributed by atoms with Crippen LogP contribution in [0.5, 0.6) is 0 Å². The fourth-order valence-corrected chi connectivity index (χ4v) is 3.06. The summed E-state index contributed by atoms with van der Waals surface area (Å²) in [5.41, 5.74) is 3.19. The average Bonchev–Trinajstić information content (AvgIpc) is 3.09. The van der Waals surface area contributed by atoms with E-state index in [1.807, 2.05) is 43.3 Å². The molecule has 0 atom stereocenters. The maximum atomic E-state index is 13.0. The number of alkyl halides is 1. The smallest absolute Gasteiger partial charge is 0.264 e. The zero-order valence-corrected chi connectivity index (χ0v) is 14.9. The molecule has 0 radical (unpaired) electrons. The average molecular weight is 366 g/mol. The van der Waals surface area contributed by atoms with Crippen molar-refractivity contribution in [3.8, 4) is 17.1 Å². The molecule has 0 bridgehead atoms. The van der Waals surface area contributed by atoms with Gasteiger partial charge in [-0.15, -0.1) is 11.6 Å². The van der Waals surface area contributed by atoms with Crippen LogP contribution in [0.4, 0.5) is 0 Å². The summed E-state index contributed by atoms with van der Waals surface area (Å²) in [6.45, 7) is 2.40. The number of hydrogen-bond donors (Lipinski definition) is 0. The largest absolute Gasteiger partial charge is 0.291 e. The van der Waals surface area contributed by atoms with Crippen LogP contribution in [0.3, 0.4) is 0 Å². The van der Waals surface area contributed by atoms with E-state index in [4.69, 9.17) is 16.6 Å². The first kappa shape index (κ1) is 16.5. The Kier molecular flexibility index (Phi) is 4.26. The molecule has 6 nitrogen and oxygen atoms in total. The van der Waals surface area contributed by atoms with E-state index in [9.17, 15) is 4.79 Å². The highest BCUT2D eigenvalue weighted by atomic mass is 35.5. The Balaban J connectivity index is 2.00. The molecule has 0 amide bonds. The molecular formula is C19H16ClN5O. The molecule has 0 aliphatic rings. The fraction of sp³-hybridized carbons (Fsp3) is 0.158. The number of fused-ring (bicyclic) bond motifs is 1. The minimum atomic E-state index is -0.152. The lowest BCUT2D eigenvalue weighted by atomic mass is 10.2. The number of nitrogens with zero attached hydrogens (tertiary/aromatic N) is 5. The highest BCUT2D eigenvalue weighted by molar-refractivity contribution is 6.17. The molecule has 0 N–H and O–H groups in total. The Labute approximate surface area is 154 Å². The molecule has 0 aliphatic carbocycles. The van der Waals surface area contributed by atoms with Gasteiger partial charge in [0.05, 0.1) is 11.9 Å². The van der Waals surface area contributed by atoms with Gasteiger partial charge in [0.1, 0.15) is 11.2 Å². The van der Waals surface area contributed by atoms with E-state index in [1.54, 1.807) is 27.8 Å². The van der Waals surface area contributed by atoms with E-state index in [1.165, 1.54) is 0 Å². The number of aromatic nitrogens is 5. The predicted molar refractivity (Wildman–Crippen MR) is 102 cm³/mol. The van der Waals surface area contributed by atoms with Gasteiger partial charge in [-0.25, -0.2) is 9.67 Å². The lowest BCUT2D eigenvalue weighted by Crippen LogP contribution is -2.24. The van der Waals surface area contributed by atoms with Gasteiger partial charge in [0.25, 0.3) is 5.56 Å². The standard InChI is InChI=1S/C19H16ClN5O/c1-13-2-4-15(5-3-13)25-18-16(12-22-25)19(26)24(11-8-20)17(23-18)14-6-9-21-10-7-14/h2-7,9-10,12H,8,11H2,1H3. The first-order chi connectivity index (χ1) is 12.7. The van der Waals surface area contributed by atoms with Gasteiger partial charge in [-0.2, -0.15) is 5.10 Å². The van der Waals surface area contributed by atoms with Crippen molar-refractivity contribution in [3.63, 3.8) is 0 Å². The Morgan fingerprint density at radius 3 is 2.50 bits per heavy atom. The molecule has 0 saturated heterocycles. The second-order valence-electron chi connectivity index (χ2n) is 5.95. The van der Waals surface area contributed by atoms with Gasteiger partial charge in [-0.3, -0.25) is 14.3 Å². The van der Waals surface area contributed by atoms with Gasteiger partial charge in [0.2, 0.25) is 0 Å². The molecule has 4 rings (SSSR count). The third-order valence-corrected chi connectivity index (χ3v) is 4.38. The van der Waals surface area contributed by atoms with Crippen molar-refractivity contribution >= 4 is 22.6 Å². The Hall–Kier alpha value is -2.99. The van der Waals surface area contributed by atoms with Gasteiger partial charge in [0.15, 0.2) is 5.65 Å². The fourth-order valence-electron chi connectivity index (χ4n) is 2.89. The van der Waals surface area contributed by atoms with Crippen LogP contribution >= 0.6 is 11.6 Å². The van der Waals surface area contributed by atoms with E-state index in [2.05, 4.69) is 10.1 Å². The summed E-state index contributed by atoms with van der Waals surface area (Å²) in [4.78, 5) is 21.8. The maximum absolute atomic E-state index is 13.0. The number of halogens is 1. The summed E-state index contributed by atoms with van der Waals surface area (Å²) < 4.78 is 3.28. The molecule has 3 aromatic heterocycles. The molecule has 130 valence electrons. The van der Waals surface area contributed by atoms with Crippen molar-refractivity contribution in [2.24, 2.45) is 0 Å². The minimum Gasteiger partial charge on any atom is -0.291 e. The Bertz CT molecular complexity index is 1120. The summed E-state index contributed by atoms with van der Waals surface area (Å²) in [6.07, 6.45) is 4.91. The minimum absolute atomic E-state index is 0.152. The van der Waals surface area contributed by atoms with Gasteiger partial charge in [-0.1, -0.05) is 17.7 Å². The van der Waals surface area contributed by atoms with Crippen molar-refractivity contribution in [2.75, 3.05) is 5.88 Å². The van der Waals surface area contributed by atoms with Crippen molar-refractivity contribution in [1.29, 1.82) is 0 Å². The van der Waals surface area contributed by atoms with Crippen LogP contribution in [0.1, 0.15) is 5.56 Å². The second kappa shape index (κ2) is 6.72. The molecule has 0 unspecified atom stereocenters. The third-order valence-electron chi connectivity index (χ3n) is 4.21. The highest BCUT2D eigenvalue weighted by Crippen LogP contribution is 2.20. The lowest BCUT2D eigenvalue weighted by molar-refractivity contribution is 0.731. The van der Waals surface area contributed by atoms with E-state index in [-0.39, 0.29) is 5.56 Å². The van der Waals surface area contributed by atoms with Crippen LogP contribution in [0.25, 0.3) is 28.1 Å². The van der Waals surface area contributed by atoms with Crippen molar-refractivity contribution < 1.29 is 0 Å². The molecule has 0 saturated carbocycles. The van der Waals surface area contributed by atoms with Crippen molar-refractivity contribution in [3.05, 3.63) is 70.9 Å². The topological polar surface area (TPSA) is 65.6 Å². The van der Waals surface area contributed by atoms with Crippen LogP contribution in [0.2, 0.25) is 0 Å². The van der Waals surface area contributed by atoms with E-state index in [0.29, 0.717) is 29.3 Å². The van der Waals surface area contributed by atoms with Gasteiger partial charge in [0, 0.05) is 30.4 Å². The molecule has 0 fully saturated rings. The highest BCUT2D eigenvalue weighted by Gasteiger charge is 2.17. The molecule has 1 aromatic carbocycles. The molecule has 26 heavy (non-hydrogen) atoms. The Morgan fingerprint density at radius 2 is 1.81 bits per heavy atom. The van der Waals surface area contributed by atoms with Crippen LogP contribution in [-0.2, 0) is 6.54 Å². The van der Waals surface area contributed by atoms with Crippen molar-refractivity contribution in [2.45, 2.75) is 13.5 Å². The second-order valence-corrected chi connectivity index (χ2v) is 6.32. The SMILES string of the molecule is Cc1ccc(-n2ncc3c(=O)n(CCCl)c(-c4ccncc4)nc32)cc1. The van der Waals surface area contributed by atoms with E-state index < -0.39 is 0 Å². The summed E-state index contributed by atoms with van der Waals surface area (Å²) in [5, 5.41) is 4.85. The zero-order chi connectivity index (χ0) is 18.1. The maximum Gasteiger partial charge on any atom is 0.264 e.